The van der Waals surface area contributed by atoms with E-state index in [1.807, 2.05) is 13.0 Å². The molecule has 0 spiro atoms. The second-order valence-corrected chi connectivity index (χ2v) is 12.5. The van der Waals surface area contributed by atoms with Crippen LogP contribution in [0.15, 0.2) is 103 Å². The molecule has 1 aliphatic rings. The van der Waals surface area contributed by atoms with Gasteiger partial charge in [-0.1, -0.05) is 30.3 Å². The number of hydrogen-bond donors (Lipinski definition) is 0. The maximum atomic E-state index is 13.3. The van der Waals surface area contributed by atoms with Crippen molar-refractivity contribution in [2.75, 3.05) is 11.4 Å². The Morgan fingerprint density at radius 1 is 0.686 bits per heavy atom. The zero-order valence-electron chi connectivity index (χ0n) is 28.8. The third-order valence-corrected chi connectivity index (χ3v) is 9.02. The summed E-state index contributed by atoms with van der Waals surface area (Å²) in [5, 5.41) is 0. The Labute approximate surface area is 296 Å². The second-order valence-electron chi connectivity index (χ2n) is 12.5. The quantitative estimate of drug-likeness (QED) is 0.0637. The number of ketones is 3. The number of allylic oxidation sites excluding steroid dienone is 1. The molecule has 5 rings (SSSR count). The molecule has 0 atom stereocenters. The van der Waals surface area contributed by atoms with Crippen molar-refractivity contribution in [3.63, 3.8) is 0 Å². The van der Waals surface area contributed by atoms with Crippen molar-refractivity contribution in [3.05, 3.63) is 131 Å². The third kappa shape index (κ3) is 9.19. The molecule has 1 amide bonds. The van der Waals surface area contributed by atoms with Crippen LogP contribution in [0.25, 0.3) is 6.08 Å². The van der Waals surface area contributed by atoms with Gasteiger partial charge in [-0.2, -0.15) is 0 Å². The Morgan fingerprint density at radius 2 is 1.29 bits per heavy atom. The molecule has 4 aromatic carbocycles. The number of esters is 2. The molecule has 0 saturated heterocycles. The lowest BCUT2D eigenvalue weighted by atomic mass is 9.80. The summed E-state index contributed by atoms with van der Waals surface area (Å²) in [6.45, 7) is 5.29. The number of anilines is 1. The van der Waals surface area contributed by atoms with Crippen LogP contribution in [0.5, 0.6) is 11.5 Å². The smallest absolute Gasteiger partial charge is 0.343 e. The number of hydrogen-bond acceptors (Lipinski definition) is 8. The van der Waals surface area contributed by atoms with E-state index < -0.39 is 11.9 Å². The lowest BCUT2D eigenvalue weighted by Gasteiger charge is -2.25. The summed E-state index contributed by atoms with van der Waals surface area (Å²) >= 11 is 0. The van der Waals surface area contributed by atoms with Gasteiger partial charge in [0, 0.05) is 40.4 Å². The monoisotopic (exact) mass is 685 g/mol. The fourth-order valence-corrected chi connectivity index (χ4v) is 5.99. The molecule has 4 aromatic rings. The Balaban J connectivity index is 1.31. The Hall–Kier alpha value is -5.96. The molecule has 0 N–H and O–H groups in total. The molecule has 1 saturated carbocycles. The van der Waals surface area contributed by atoms with Crippen molar-refractivity contribution in [1.82, 2.24) is 0 Å². The van der Waals surface area contributed by atoms with E-state index in [4.69, 9.17) is 9.47 Å². The van der Waals surface area contributed by atoms with Gasteiger partial charge in [-0.15, -0.1) is 0 Å². The molecule has 260 valence electrons. The average molecular weight is 686 g/mol. The molecule has 0 heterocycles. The van der Waals surface area contributed by atoms with E-state index in [2.05, 4.69) is 0 Å². The van der Waals surface area contributed by atoms with Crippen molar-refractivity contribution in [3.8, 4) is 11.5 Å². The molecule has 1 fully saturated rings. The predicted molar refractivity (Wildman–Crippen MR) is 193 cm³/mol. The lowest BCUT2D eigenvalue weighted by Crippen LogP contribution is -2.30. The van der Waals surface area contributed by atoms with Gasteiger partial charge in [0.1, 0.15) is 17.3 Å². The first kappa shape index (κ1) is 36.3. The van der Waals surface area contributed by atoms with Crippen LogP contribution in [0, 0.1) is 11.8 Å². The van der Waals surface area contributed by atoms with Crippen molar-refractivity contribution < 1.29 is 38.2 Å². The molecule has 0 aromatic heterocycles. The Kier molecular flexibility index (Phi) is 11.8. The number of Topliss-reactive ketones (excluding diaryl/α,β-unsaturated/α-hetero) is 2. The fraction of sp³-hybridized carbons (Fsp3) is 0.238. The predicted octanol–water partition coefficient (Wildman–Crippen LogP) is 7.97. The maximum absolute atomic E-state index is 13.3. The van der Waals surface area contributed by atoms with E-state index in [0.717, 1.165) is 0 Å². The highest BCUT2D eigenvalue weighted by Gasteiger charge is 2.30. The van der Waals surface area contributed by atoms with Crippen LogP contribution in [0.1, 0.15) is 93.4 Å². The maximum Gasteiger partial charge on any atom is 0.343 e. The molecule has 0 unspecified atom stereocenters. The molecule has 0 radical (unpaired) electrons. The third-order valence-electron chi connectivity index (χ3n) is 9.02. The number of amides is 1. The first-order chi connectivity index (χ1) is 24.5. The zero-order valence-corrected chi connectivity index (χ0v) is 28.8. The van der Waals surface area contributed by atoms with Gasteiger partial charge < -0.3 is 14.4 Å². The second kappa shape index (κ2) is 16.6. The highest BCUT2D eigenvalue weighted by molar-refractivity contribution is 6.07. The standard InChI is InChI=1S/C42H39NO8/c1-4-43(36-21-18-30(19-22-36)28(3)45)40(47)32-12-16-33(17-13-32)41(48)50-37-23-25-39(51-42(49)34-14-10-29(11-15-34)27(2)44)35(26-37)20-24-38(46)31-8-6-5-7-9-31/h5-9,12-13,16-26,29,34H,4,10-11,14-15H2,1-3H3/b24-20+. The van der Waals surface area contributed by atoms with Gasteiger partial charge in [0.15, 0.2) is 11.6 Å². The summed E-state index contributed by atoms with van der Waals surface area (Å²) in [5.41, 5.74) is 2.59. The number of carbonyl (C=O) groups excluding carboxylic acids is 6. The highest BCUT2D eigenvalue weighted by atomic mass is 16.5. The van der Waals surface area contributed by atoms with E-state index >= 15 is 0 Å². The molecular formula is C42H39NO8. The lowest BCUT2D eigenvalue weighted by molar-refractivity contribution is -0.141. The number of nitrogens with zero attached hydrogens (tertiary/aromatic N) is 1. The van der Waals surface area contributed by atoms with Crippen LogP contribution in [0.3, 0.4) is 0 Å². The Bertz CT molecular complexity index is 1950. The highest BCUT2D eigenvalue weighted by Crippen LogP contribution is 2.33. The van der Waals surface area contributed by atoms with Gasteiger partial charge in [-0.25, -0.2) is 4.79 Å². The van der Waals surface area contributed by atoms with Crippen LogP contribution >= 0.6 is 0 Å². The molecule has 0 bridgehead atoms. The van der Waals surface area contributed by atoms with E-state index in [1.165, 1.54) is 49.4 Å². The minimum absolute atomic E-state index is 0.0364. The van der Waals surface area contributed by atoms with Crippen LogP contribution in [0.4, 0.5) is 5.69 Å². The average Bonchev–Trinajstić information content (AvgIpc) is 3.15. The Morgan fingerprint density at radius 3 is 1.90 bits per heavy atom. The van der Waals surface area contributed by atoms with Gasteiger partial charge in [0.25, 0.3) is 5.91 Å². The molecule has 51 heavy (non-hydrogen) atoms. The first-order valence-corrected chi connectivity index (χ1v) is 16.9. The fourth-order valence-electron chi connectivity index (χ4n) is 5.99. The van der Waals surface area contributed by atoms with E-state index in [0.29, 0.717) is 60.2 Å². The summed E-state index contributed by atoms with van der Waals surface area (Å²) in [7, 11) is 0. The van der Waals surface area contributed by atoms with Gasteiger partial charge in [0.2, 0.25) is 0 Å². The van der Waals surface area contributed by atoms with E-state index in [1.54, 1.807) is 72.5 Å². The molecule has 9 nitrogen and oxygen atoms in total. The van der Waals surface area contributed by atoms with Crippen LogP contribution in [0.2, 0.25) is 0 Å². The van der Waals surface area contributed by atoms with Gasteiger partial charge in [0.05, 0.1) is 11.5 Å². The molecule has 1 aliphatic carbocycles. The molecular weight excluding hydrogens is 646 g/mol. The van der Waals surface area contributed by atoms with Crippen LogP contribution in [-0.4, -0.2) is 41.7 Å². The minimum Gasteiger partial charge on any atom is -0.426 e. The summed E-state index contributed by atoms with van der Waals surface area (Å²) in [6.07, 6.45) is 5.22. The summed E-state index contributed by atoms with van der Waals surface area (Å²) < 4.78 is 11.5. The molecule has 9 heteroatoms. The minimum atomic E-state index is -0.677. The summed E-state index contributed by atoms with van der Waals surface area (Å²) in [4.78, 5) is 77.5. The van der Waals surface area contributed by atoms with Gasteiger partial charge in [-0.05, 0) is 125 Å². The zero-order chi connectivity index (χ0) is 36.5. The van der Waals surface area contributed by atoms with E-state index in [-0.39, 0.29) is 52.2 Å². The SMILES string of the molecule is CCN(C(=O)c1ccc(C(=O)Oc2ccc(OC(=O)C3CCC(C(C)=O)CC3)c(/C=C/C(=O)c3ccccc3)c2)cc1)c1ccc(C(C)=O)cc1. The topological polar surface area (TPSA) is 124 Å². The summed E-state index contributed by atoms with van der Waals surface area (Å²) in [5.74, 6) is -1.61. The van der Waals surface area contributed by atoms with Gasteiger partial charge in [-0.3, -0.25) is 24.0 Å². The van der Waals surface area contributed by atoms with E-state index in [9.17, 15) is 28.8 Å². The largest absolute Gasteiger partial charge is 0.426 e. The van der Waals surface area contributed by atoms with Crippen molar-refractivity contribution in [2.24, 2.45) is 11.8 Å². The summed E-state index contributed by atoms with van der Waals surface area (Å²) in [6, 6.07) is 26.1. The normalized spacial score (nSPS) is 15.5. The number of rotatable bonds is 12. The van der Waals surface area contributed by atoms with Crippen molar-refractivity contribution >= 4 is 47.0 Å². The number of benzene rings is 4. The van der Waals surface area contributed by atoms with Crippen molar-refractivity contribution in [1.29, 1.82) is 0 Å². The van der Waals surface area contributed by atoms with Crippen molar-refractivity contribution in [2.45, 2.75) is 46.5 Å². The van der Waals surface area contributed by atoms with Crippen LogP contribution in [-0.2, 0) is 9.59 Å². The van der Waals surface area contributed by atoms with Gasteiger partial charge >= 0.3 is 11.9 Å². The first-order valence-electron chi connectivity index (χ1n) is 16.9. The number of ether oxygens (including phenoxy) is 2. The molecule has 0 aliphatic heterocycles. The number of carbonyl (C=O) groups is 6. The van der Waals surface area contributed by atoms with Crippen LogP contribution < -0.4 is 14.4 Å².